The Labute approximate surface area is 125 Å². The Morgan fingerprint density at radius 2 is 1.65 bits per heavy atom. The van der Waals surface area contributed by atoms with Gasteiger partial charge in [0.25, 0.3) is 0 Å². The van der Waals surface area contributed by atoms with E-state index >= 15 is 0 Å². The fraction of sp³-hybridized carbons (Fsp3) is 0.579. The largest absolute Gasteiger partial charge is 0.311 e. The monoisotopic (exact) mass is 273 g/mol. The highest BCUT2D eigenvalue weighted by Gasteiger charge is 2.23. The quantitative estimate of drug-likeness (QED) is 0.724. The lowest BCUT2D eigenvalue weighted by atomic mass is 9.82. The summed E-state index contributed by atoms with van der Waals surface area (Å²) >= 11 is 0. The van der Waals surface area contributed by atoms with E-state index in [4.69, 9.17) is 0 Å². The van der Waals surface area contributed by atoms with Crippen molar-refractivity contribution in [3.05, 3.63) is 48.0 Å². The SMILES string of the molecule is C=CC(C)(CNC(C)(C)C)Cc1ccc(C(C)C)cc1. The first-order chi connectivity index (χ1) is 9.15. The van der Waals surface area contributed by atoms with Gasteiger partial charge in [0.2, 0.25) is 0 Å². The third-order valence-corrected chi connectivity index (χ3v) is 3.77. The lowest BCUT2D eigenvalue weighted by Crippen LogP contribution is -2.43. The zero-order valence-corrected chi connectivity index (χ0v) is 14.1. The highest BCUT2D eigenvalue weighted by Crippen LogP contribution is 2.25. The maximum atomic E-state index is 4.04. The number of benzene rings is 1. The molecule has 1 rings (SSSR count). The Morgan fingerprint density at radius 3 is 2.05 bits per heavy atom. The first-order valence-electron chi connectivity index (χ1n) is 7.63. The normalized spacial score (nSPS) is 15.2. The van der Waals surface area contributed by atoms with Crippen molar-refractivity contribution in [3.63, 3.8) is 0 Å². The predicted octanol–water partition coefficient (Wildman–Crippen LogP) is 4.93. The van der Waals surface area contributed by atoms with E-state index in [9.17, 15) is 0 Å². The van der Waals surface area contributed by atoms with E-state index in [1.165, 1.54) is 11.1 Å². The summed E-state index contributed by atoms with van der Waals surface area (Å²) in [5.41, 5.74) is 3.02. The summed E-state index contributed by atoms with van der Waals surface area (Å²) in [4.78, 5) is 0. The highest BCUT2D eigenvalue weighted by atomic mass is 15.0. The maximum absolute atomic E-state index is 4.04. The van der Waals surface area contributed by atoms with Gasteiger partial charge in [0.1, 0.15) is 0 Å². The molecule has 0 aromatic heterocycles. The summed E-state index contributed by atoms with van der Waals surface area (Å²) in [7, 11) is 0. The summed E-state index contributed by atoms with van der Waals surface area (Å²) in [5, 5.41) is 3.59. The number of hydrogen-bond donors (Lipinski definition) is 1. The third kappa shape index (κ3) is 5.50. The summed E-state index contributed by atoms with van der Waals surface area (Å²) in [6.07, 6.45) is 3.11. The molecule has 112 valence electrons. The van der Waals surface area contributed by atoms with Crippen molar-refractivity contribution < 1.29 is 0 Å². The van der Waals surface area contributed by atoms with Gasteiger partial charge in [0, 0.05) is 17.5 Å². The molecule has 0 fully saturated rings. The number of nitrogens with one attached hydrogen (secondary N) is 1. The molecule has 0 aliphatic heterocycles. The van der Waals surface area contributed by atoms with Crippen molar-refractivity contribution in [2.45, 2.75) is 59.4 Å². The van der Waals surface area contributed by atoms with Crippen LogP contribution in [0, 0.1) is 5.41 Å². The van der Waals surface area contributed by atoms with Crippen LogP contribution in [0.2, 0.25) is 0 Å². The first-order valence-corrected chi connectivity index (χ1v) is 7.63. The molecule has 1 heteroatoms. The van der Waals surface area contributed by atoms with Gasteiger partial charge in [0.15, 0.2) is 0 Å². The molecular weight excluding hydrogens is 242 g/mol. The summed E-state index contributed by atoms with van der Waals surface area (Å²) in [6.45, 7) is 18.3. The minimum absolute atomic E-state index is 0.0899. The predicted molar refractivity (Wildman–Crippen MR) is 90.3 cm³/mol. The zero-order valence-electron chi connectivity index (χ0n) is 14.1. The van der Waals surface area contributed by atoms with Crippen LogP contribution in [0.3, 0.4) is 0 Å². The van der Waals surface area contributed by atoms with Gasteiger partial charge >= 0.3 is 0 Å². The summed E-state index contributed by atoms with van der Waals surface area (Å²) in [6, 6.07) is 9.02. The Hall–Kier alpha value is -1.08. The molecule has 0 saturated carbocycles. The van der Waals surface area contributed by atoms with Crippen molar-refractivity contribution >= 4 is 0 Å². The molecule has 1 atom stereocenters. The summed E-state index contributed by atoms with van der Waals surface area (Å²) < 4.78 is 0. The van der Waals surface area contributed by atoms with Gasteiger partial charge in [-0.3, -0.25) is 0 Å². The molecular formula is C19H31N. The van der Waals surface area contributed by atoms with E-state index in [0.29, 0.717) is 5.92 Å². The second-order valence-electron chi connectivity index (χ2n) is 7.53. The van der Waals surface area contributed by atoms with Crippen molar-refractivity contribution in [1.82, 2.24) is 5.32 Å². The molecule has 0 amide bonds. The van der Waals surface area contributed by atoms with Crippen LogP contribution >= 0.6 is 0 Å². The molecule has 0 aliphatic rings. The van der Waals surface area contributed by atoms with Crippen molar-refractivity contribution in [2.75, 3.05) is 6.54 Å². The zero-order chi connectivity index (χ0) is 15.4. The van der Waals surface area contributed by atoms with Crippen molar-refractivity contribution in [1.29, 1.82) is 0 Å². The van der Waals surface area contributed by atoms with Crippen LogP contribution < -0.4 is 5.32 Å². The Morgan fingerprint density at radius 1 is 1.10 bits per heavy atom. The second-order valence-corrected chi connectivity index (χ2v) is 7.53. The average Bonchev–Trinajstić information content (AvgIpc) is 2.36. The molecule has 20 heavy (non-hydrogen) atoms. The van der Waals surface area contributed by atoms with E-state index in [0.717, 1.165) is 13.0 Å². The Kier molecular flexibility index (Phi) is 5.59. The molecule has 0 bridgehead atoms. The van der Waals surface area contributed by atoms with E-state index in [1.54, 1.807) is 0 Å². The summed E-state index contributed by atoms with van der Waals surface area (Å²) in [5.74, 6) is 0.595. The standard InChI is InChI=1S/C19H31N/c1-8-19(7,14-20-18(4,5)6)13-16-9-11-17(12-10-16)15(2)3/h8-12,15,20H,1,13-14H2,2-7H3. The van der Waals surface area contributed by atoms with Gasteiger partial charge in [0.05, 0.1) is 0 Å². The van der Waals surface area contributed by atoms with Crippen LogP contribution in [0.25, 0.3) is 0 Å². The lowest BCUT2D eigenvalue weighted by molar-refractivity contribution is 0.322. The molecule has 0 saturated heterocycles. The van der Waals surface area contributed by atoms with E-state index in [2.05, 4.69) is 83.8 Å². The molecule has 1 N–H and O–H groups in total. The Bertz CT molecular complexity index is 422. The smallest absolute Gasteiger partial charge is 0.00968 e. The van der Waals surface area contributed by atoms with Gasteiger partial charge in [-0.2, -0.15) is 0 Å². The molecule has 1 aromatic rings. The molecule has 1 aromatic carbocycles. The maximum Gasteiger partial charge on any atom is 0.00968 e. The second kappa shape index (κ2) is 6.58. The molecule has 0 spiro atoms. The third-order valence-electron chi connectivity index (χ3n) is 3.77. The van der Waals surface area contributed by atoms with Crippen LogP contribution in [0.1, 0.15) is 58.6 Å². The van der Waals surface area contributed by atoms with Crippen molar-refractivity contribution in [2.24, 2.45) is 5.41 Å². The number of rotatable bonds is 6. The fourth-order valence-corrected chi connectivity index (χ4v) is 2.16. The lowest BCUT2D eigenvalue weighted by Gasteiger charge is -2.31. The highest BCUT2D eigenvalue weighted by molar-refractivity contribution is 5.26. The van der Waals surface area contributed by atoms with Crippen LogP contribution in [-0.2, 0) is 6.42 Å². The molecule has 1 unspecified atom stereocenters. The number of hydrogen-bond acceptors (Lipinski definition) is 1. The topological polar surface area (TPSA) is 12.0 Å². The average molecular weight is 273 g/mol. The minimum atomic E-state index is 0.0899. The Balaban J connectivity index is 2.74. The van der Waals surface area contributed by atoms with Crippen LogP contribution in [-0.4, -0.2) is 12.1 Å². The van der Waals surface area contributed by atoms with Crippen LogP contribution in [0.5, 0.6) is 0 Å². The van der Waals surface area contributed by atoms with Crippen LogP contribution in [0.4, 0.5) is 0 Å². The minimum Gasteiger partial charge on any atom is -0.311 e. The van der Waals surface area contributed by atoms with E-state index in [1.807, 2.05) is 0 Å². The van der Waals surface area contributed by atoms with E-state index < -0.39 is 0 Å². The van der Waals surface area contributed by atoms with E-state index in [-0.39, 0.29) is 11.0 Å². The fourth-order valence-electron chi connectivity index (χ4n) is 2.16. The van der Waals surface area contributed by atoms with Gasteiger partial charge < -0.3 is 5.32 Å². The van der Waals surface area contributed by atoms with Gasteiger partial charge in [-0.25, -0.2) is 0 Å². The molecule has 1 nitrogen and oxygen atoms in total. The first kappa shape index (κ1) is 17.0. The van der Waals surface area contributed by atoms with Crippen molar-refractivity contribution in [3.8, 4) is 0 Å². The molecule has 0 radical (unpaired) electrons. The van der Waals surface area contributed by atoms with Gasteiger partial charge in [-0.15, -0.1) is 6.58 Å². The van der Waals surface area contributed by atoms with Crippen LogP contribution in [0.15, 0.2) is 36.9 Å². The van der Waals surface area contributed by atoms with Gasteiger partial charge in [-0.1, -0.05) is 51.1 Å². The molecule has 0 aliphatic carbocycles. The molecule has 0 heterocycles. The van der Waals surface area contributed by atoms with Gasteiger partial charge in [-0.05, 0) is 44.2 Å².